The first-order valence-electron chi connectivity index (χ1n) is 12.6. The molecule has 2 amide bonds. The third-order valence-electron chi connectivity index (χ3n) is 7.37. The summed E-state index contributed by atoms with van der Waals surface area (Å²) in [6.45, 7) is 7.76. The highest BCUT2D eigenvalue weighted by Crippen LogP contribution is 2.31. The molecule has 7 nitrogen and oxygen atoms in total. The van der Waals surface area contributed by atoms with Crippen molar-refractivity contribution < 1.29 is 9.59 Å². The zero-order valence-electron chi connectivity index (χ0n) is 21.3. The number of nitrogens with zero attached hydrogens (tertiary/aromatic N) is 4. The summed E-state index contributed by atoms with van der Waals surface area (Å²) in [6.07, 6.45) is 5.54. The molecule has 1 aliphatic heterocycles. The standard InChI is InChI=1S/C27H39N5O2/c1-19(2)20-11-13-21(14-12-20)23-17-24-25(33)31(16-15-30(4)5)27(3,18-32(24)29-23)26(34)28-22-9-7-6-8-10-22/h11-14,17,19,22H,6-10,15-16,18H2,1-5H3,(H,28,34)/t27-/m0/s1. The fourth-order valence-corrected chi connectivity index (χ4v) is 5.06. The van der Waals surface area contributed by atoms with Crippen LogP contribution in [0.15, 0.2) is 30.3 Å². The summed E-state index contributed by atoms with van der Waals surface area (Å²) in [7, 11) is 3.97. The van der Waals surface area contributed by atoms with Crippen LogP contribution in [0.1, 0.15) is 74.8 Å². The summed E-state index contributed by atoms with van der Waals surface area (Å²) in [4.78, 5) is 31.1. The van der Waals surface area contributed by atoms with Crippen LogP contribution in [0.3, 0.4) is 0 Å². The second-order valence-electron chi connectivity index (χ2n) is 10.7. The molecule has 0 unspecified atom stereocenters. The molecule has 1 aromatic heterocycles. The van der Waals surface area contributed by atoms with E-state index in [1.165, 1.54) is 12.0 Å². The molecular formula is C27H39N5O2. The van der Waals surface area contributed by atoms with Gasteiger partial charge in [-0.05, 0) is 51.4 Å². The predicted molar refractivity (Wildman–Crippen MR) is 135 cm³/mol. The van der Waals surface area contributed by atoms with E-state index in [4.69, 9.17) is 5.10 Å². The molecule has 2 heterocycles. The van der Waals surface area contributed by atoms with Crippen molar-refractivity contribution >= 4 is 11.8 Å². The van der Waals surface area contributed by atoms with Gasteiger partial charge in [0.2, 0.25) is 5.91 Å². The largest absolute Gasteiger partial charge is 0.351 e. The molecule has 2 aliphatic rings. The van der Waals surface area contributed by atoms with E-state index >= 15 is 0 Å². The Balaban J connectivity index is 1.64. The monoisotopic (exact) mass is 465 g/mol. The van der Waals surface area contributed by atoms with E-state index < -0.39 is 5.54 Å². The summed E-state index contributed by atoms with van der Waals surface area (Å²) in [5, 5.41) is 8.04. The number of fused-ring (bicyclic) bond motifs is 1. The number of hydrogen-bond donors (Lipinski definition) is 1. The van der Waals surface area contributed by atoms with Gasteiger partial charge in [-0.2, -0.15) is 5.10 Å². The molecule has 2 aromatic rings. The zero-order valence-corrected chi connectivity index (χ0v) is 21.3. The molecule has 0 bridgehead atoms. The van der Waals surface area contributed by atoms with E-state index in [0.29, 0.717) is 31.2 Å². The second kappa shape index (κ2) is 9.90. The highest BCUT2D eigenvalue weighted by molar-refractivity contribution is 6.00. The first-order chi connectivity index (χ1) is 16.2. The average molecular weight is 466 g/mol. The lowest BCUT2D eigenvalue weighted by Gasteiger charge is -2.44. The van der Waals surface area contributed by atoms with Crippen molar-refractivity contribution in [2.45, 2.75) is 76.9 Å². The molecule has 7 heteroatoms. The molecule has 1 saturated carbocycles. The average Bonchev–Trinajstić information content (AvgIpc) is 3.23. The minimum Gasteiger partial charge on any atom is -0.351 e. The highest BCUT2D eigenvalue weighted by Gasteiger charge is 2.48. The number of carbonyl (C=O) groups excluding carboxylic acids is 2. The number of benzene rings is 1. The van der Waals surface area contributed by atoms with Gasteiger partial charge in [-0.15, -0.1) is 0 Å². The van der Waals surface area contributed by atoms with Crippen LogP contribution in [0.2, 0.25) is 0 Å². The van der Waals surface area contributed by atoms with Gasteiger partial charge in [0.15, 0.2) is 0 Å². The molecule has 0 radical (unpaired) electrons. The van der Waals surface area contributed by atoms with Crippen LogP contribution in [0.4, 0.5) is 0 Å². The van der Waals surface area contributed by atoms with E-state index in [-0.39, 0.29) is 17.9 Å². The molecule has 184 valence electrons. The van der Waals surface area contributed by atoms with Crippen molar-refractivity contribution in [3.05, 3.63) is 41.6 Å². The number of aromatic nitrogens is 2. The van der Waals surface area contributed by atoms with Gasteiger partial charge in [-0.3, -0.25) is 14.3 Å². The first-order valence-corrected chi connectivity index (χ1v) is 12.6. The lowest BCUT2D eigenvalue weighted by Crippen LogP contribution is -2.65. The molecule has 4 rings (SSSR count). The van der Waals surface area contributed by atoms with Crippen LogP contribution in [0, 0.1) is 0 Å². The molecular weight excluding hydrogens is 426 g/mol. The van der Waals surface area contributed by atoms with Gasteiger partial charge in [0.05, 0.1) is 12.2 Å². The molecule has 0 spiro atoms. The number of nitrogens with one attached hydrogen (secondary N) is 1. The van der Waals surface area contributed by atoms with Gasteiger partial charge in [0, 0.05) is 24.7 Å². The fourth-order valence-electron chi connectivity index (χ4n) is 5.06. The van der Waals surface area contributed by atoms with E-state index in [9.17, 15) is 9.59 Å². The van der Waals surface area contributed by atoms with Crippen molar-refractivity contribution in [2.75, 3.05) is 27.2 Å². The van der Waals surface area contributed by atoms with E-state index in [1.54, 1.807) is 9.58 Å². The fraction of sp³-hybridized carbons (Fsp3) is 0.593. The SMILES string of the molecule is CC(C)c1ccc(-c2cc3n(n2)C[C@@](C)(C(=O)NC2CCCCC2)N(CCN(C)C)C3=O)cc1. The Hall–Kier alpha value is -2.67. The Morgan fingerprint density at radius 1 is 1.18 bits per heavy atom. The van der Waals surface area contributed by atoms with E-state index in [0.717, 1.165) is 36.9 Å². The number of carbonyl (C=O) groups is 2. The third kappa shape index (κ3) is 4.90. The summed E-state index contributed by atoms with van der Waals surface area (Å²) >= 11 is 0. The van der Waals surface area contributed by atoms with Crippen LogP contribution < -0.4 is 5.32 Å². The van der Waals surface area contributed by atoms with Crippen molar-refractivity contribution in [3.63, 3.8) is 0 Å². The second-order valence-corrected chi connectivity index (χ2v) is 10.7. The maximum atomic E-state index is 13.7. The number of hydrogen-bond acceptors (Lipinski definition) is 4. The minimum absolute atomic E-state index is 0.0736. The van der Waals surface area contributed by atoms with Crippen LogP contribution in [0.25, 0.3) is 11.3 Å². The maximum absolute atomic E-state index is 13.7. The smallest absolute Gasteiger partial charge is 0.273 e. The van der Waals surface area contributed by atoms with Gasteiger partial charge in [-0.25, -0.2) is 0 Å². The van der Waals surface area contributed by atoms with Crippen LogP contribution in [0.5, 0.6) is 0 Å². The third-order valence-corrected chi connectivity index (χ3v) is 7.37. The summed E-state index contributed by atoms with van der Waals surface area (Å²) in [6, 6.07) is 10.4. The quantitative estimate of drug-likeness (QED) is 0.673. The Kier molecular flexibility index (Phi) is 7.12. The van der Waals surface area contributed by atoms with Gasteiger partial charge in [0.1, 0.15) is 11.2 Å². The summed E-state index contributed by atoms with van der Waals surface area (Å²) < 4.78 is 1.74. The van der Waals surface area contributed by atoms with E-state index in [2.05, 4.69) is 43.4 Å². The summed E-state index contributed by atoms with van der Waals surface area (Å²) in [5.74, 6) is 0.252. The van der Waals surface area contributed by atoms with Gasteiger partial charge >= 0.3 is 0 Å². The van der Waals surface area contributed by atoms with Crippen molar-refractivity contribution in [1.29, 1.82) is 0 Å². The lowest BCUT2D eigenvalue weighted by molar-refractivity contribution is -0.134. The van der Waals surface area contributed by atoms with E-state index in [1.807, 2.05) is 32.0 Å². The molecule has 1 atom stereocenters. The topological polar surface area (TPSA) is 70.5 Å². The minimum atomic E-state index is -0.984. The Bertz CT molecular complexity index is 1020. The number of likely N-dealkylation sites (N-methyl/N-ethyl adjacent to an activating group) is 1. The molecule has 1 aromatic carbocycles. The van der Waals surface area contributed by atoms with Gasteiger partial charge < -0.3 is 15.1 Å². The van der Waals surface area contributed by atoms with Crippen molar-refractivity contribution in [2.24, 2.45) is 0 Å². The molecule has 1 fully saturated rings. The normalized spacial score (nSPS) is 21.3. The van der Waals surface area contributed by atoms with Crippen molar-refractivity contribution in [1.82, 2.24) is 24.9 Å². The van der Waals surface area contributed by atoms with Crippen molar-refractivity contribution in [3.8, 4) is 11.3 Å². The Morgan fingerprint density at radius 3 is 2.47 bits per heavy atom. The molecule has 34 heavy (non-hydrogen) atoms. The Labute approximate surface area is 203 Å². The van der Waals surface area contributed by atoms with Gasteiger partial charge in [-0.1, -0.05) is 57.4 Å². The molecule has 1 N–H and O–H groups in total. The highest BCUT2D eigenvalue weighted by atomic mass is 16.2. The van der Waals surface area contributed by atoms with Crippen LogP contribution >= 0.6 is 0 Å². The summed E-state index contributed by atoms with van der Waals surface area (Å²) in [5.41, 5.74) is 2.58. The number of amides is 2. The molecule has 0 saturated heterocycles. The predicted octanol–water partition coefficient (Wildman–Crippen LogP) is 3.90. The first kappa shape index (κ1) is 24.5. The maximum Gasteiger partial charge on any atom is 0.273 e. The van der Waals surface area contributed by atoms with Gasteiger partial charge in [0.25, 0.3) is 5.91 Å². The Morgan fingerprint density at radius 2 is 1.85 bits per heavy atom. The molecule has 1 aliphatic carbocycles. The number of rotatable bonds is 7. The zero-order chi connectivity index (χ0) is 24.5. The van der Waals surface area contributed by atoms with Crippen LogP contribution in [-0.4, -0.2) is 70.2 Å². The lowest BCUT2D eigenvalue weighted by atomic mass is 9.91. The van der Waals surface area contributed by atoms with Crippen LogP contribution in [-0.2, 0) is 11.3 Å².